The van der Waals surface area contributed by atoms with Gasteiger partial charge < -0.3 is 5.11 Å². The molecule has 0 unspecified atom stereocenters. The summed E-state index contributed by atoms with van der Waals surface area (Å²) in [5.41, 5.74) is -3.24. The Morgan fingerprint density at radius 3 is 2.52 bits per heavy atom. The maximum Gasteiger partial charge on any atom is 0.337 e. The highest BCUT2D eigenvalue weighted by Gasteiger charge is 2.21. The first kappa shape index (κ1) is 16.5. The van der Waals surface area contributed by atoms with Crippen molar-refractivity contribution in [1.82, 2.24) is 9.13 Å². The summed E-state index contributed by atoms with van der Waals surface area (Å²) in [4.78, 5) is 35.6. The molecule has 118 valence electrons. The van der Waals surface area contributed by atoms with E-state index in [0.717, 1.165) is 10.6 Å². The van der Waals surface area contributed by atoms with Gasteiger partial charge in [-0.25, -0.2) is 18.5 Å². The number of carboxylic acid groups (broad SMARTS) is 1. The van der Waals surface area contributed by atoms with Crippen molar-refractivity contribution in [3.05, 3.63) is 60.6 Å². The Kier molecular flexibility index (Phi) is 4.08. The van der Waals surface area contributed by atoms with E-state index in [1.807, 2.05) is 0 Å². The molecular weight excluding hydrogens is 329 g/mol. The molecule has 0 amide bonds. The second kappa shape index (κ2) is 5.70. The molecule has 9 heteroatoms. The minimum absolute atomic E-state index is 0.186. The highest BCUT2D eigenvalue weighted by molar-refractivity contribution is 6.31. The molecule has 0 aliphatic rings. The molecule has 0 spiro atoms. The minimum Gasteiger partial charge on any atom is -0.478 e. The lowest BCUT2D eigenvalue weighted by atomic mass is 10.1. The van der Waals surface area contributed by atoms with Crippen LogP contribution in [0.15, 0.2) is 21.7 Å². The van der Waals surface area contributed by atoms with Crippen LogP contribution in [0.5, 0.6) is 0 Å². The van der Waals surface area contributed by atoms with E-state index >= 15 is 0 Å². The zero-order valence-electron chi connectivity index (χ0n) is 11.9. The van der Waals surface area contributed by atoms with Crippen LogP contribution in [0.2, 0.25) is 5.02 Å². The number of halogens is 2. The zero-order chi connectivity index (χ0) is 17.5. The monoisotopic (exact) mass is 337 g/mol. The Labute approximate surface area is 133 Å². The largest absolute Gasteiger partial charge is 0.478 e. The summed E-state index contributed by atoms with van der Waals surface area (Å²) in [7, 11) is 1.33. The standard InChI is InChI=1S/C14H9ClFN3O4/c1-6-11(15)12(20)19(14(23)18(6)2)10-4-8(13(21)22)7(5-17)3-9(10)16/h3-4H,1-2H3,(H,21,22). The van der Waals surface area contributed by atoms with Crippen LogP contribution in [-0.2, 0) is 7.05 Å². The number of aromatic carboxylic acids is 1. The van der Waals surface area contributed by atoms with Crippen molar-refractivity contribution in [2.24, 2.45) is 7.05 Å². The molecule has 2 rings (SSSR count). The van der Waals surface area contributed by atoms with Crippen molar-refractivity contribution in [2.75, 3.05) is 0 Å². The second-order valence-corrected chi connectivity index (χ2v) is 5.03. The van der Waals surface area contributed by atoms with E-state index in [-0.39, 0.29) is 10.7 Å². The molecule has 2 aromatic rings. The second-order valence-electron chi connectivity index (χ2n) is 4.65. The predicted octanol–water partition coefficient (Wildman–Crippen LogP) is 1.21. The van der Waals surface area contributed by atoms with Gasteiger partial charge in [-0.3, -0.25) is 9.36 Å². The van der Waals surface area contributed by atoms with E-state index in [1.165, 1.54) is 20.0 Å². The molecule has 1 aromatic carbocycles. The van der Waals surface area contributed by atoms with Crippen LogP contribution in [0.4, 0.5) is 4.39 Å². The van der Waals surface area contributed by atoms with Crippen molar-refractivity contribution < 1.29 is 14.3 Å². The van der Waals surface area contributed by atoms with Gasteiger partial charge in [0.1, 0.15) is 16.9 Å². The van der Waals surface area contributed by atoms with Gasteiger partial charge in [0.05, 0.1) is 16.8 Å². The fourth-order valence-corrected chi connectivity index (χ4v) is 2.21. The van der Waals surface area contributed by atoms with Gasteiger partial charge in [0.2, 0.25) is 0 Å². The van der Waals surface area contributed by atoms with Crippen molar-refractivity contribution in [3.8, 4) is 11.8 Å². The van der Waals surface area contributed by atoms with Crippen LogP contribution < -0.4 is 11.2 Å². The van der Waals surface area contributed by atoms with Crippen LogP contribution in [0.3, 0.4) is 0 Å². The Hall–Kier alpha value is -2.92. The highest BCUT2D eigenvalue weighted by atomic mass is 35.5. The summed E-state index contributed by atoms with van der Waals surface area (Å²) in [5.74, 6) is -2.59. The van der Waals surface area contributed by atoms with E-state index in [1.54, 1.807) is 0 Å². The van der Waals surface area contributed by atoms with Crippen molar-refractivity contribution >= 4 is 17.6 Å². The number of hydrogen-bond acceptors (Lipinski definition) is 4. The van der Waals surface area contributed by atoms with E-state index in [4.69, 9.17) is 22.0 Å². The van der Waals surface area contributed by atoms with Crippen molar-refractivity contribution in [2.45, 2.75) is 6.92 Å². The Balaban J connectivity index is 2.98. The number of nitriles is 1. The lowest BCUT2D eigenvalue weighted by molar-refractivity contribution is 0.0696. The van der Waals surface area contributed by atoms with Crippen LogP contribution in [0.1, 0.15) is 21.6 Å². The molecule has 1 heterocycles. The van der Waals surface area contributed by atoms with E-state index in [2.05, 4.69) is 0 Å². The molecule has 0 aliphatic heterocycles. The van der Waals surface area contributed by atoms with Gasteiger partial charge >= 0.3 is 11.7 Å². The number of nitrogens with zero attached hydrogens (tertiary/aromatic N) is 3. The molecule has 7 nitrogen and oxygen atoms in total. The van der Waals surface area contributed by atoms with Crippen molar-refractivity contribution in [1.29, 1.82) is 5.26 Å². The molecule has 0 radical (unpaired) electrons. The number of carbonyl (C=O) groups is 1. The predicted molar refractivity (Wildman–Crippen MR) is 78.7 cm³/mol. The van der Waals surface area contributed by atoms with Gasteiger partial charge in [0.15, 0.2) is 0 Å². The molecule has 0 bridgehead atoms. The Morgan fingerprint density at radius 1 is 1.39 bits per heavy atom. The first-order chi connectivity index (χ1) is 10.7. The van der Waals surface area contributed by atoms with Crippen LogP contribution in [0, 0.1) is 24.1 Å². The third kappa shape index (κ3) is 2.51. The topological polar surface area (TPSA) is 105 Å². The molecule has 0 aliphatic carbocycles. The number of benzene rings is 1. The molecule has 23 heavy (non-hydrogen) atoms. The van der Waals surface area contributed by atoms with Gasteiger partial charge in [-0.05, 0) is 19.1 Å². The van der Waals surface area contributed by atoms with Crippen LogP contribution in [0.25, 0.3) is 5.69 Å². The number of aromatic nitrogens is 2. The third-order valence-corrected chi connectivity index (χ3v) is 3.80. The molecule has 1 aromatic heterocycles. The van der Waals surface area contributed by atoms with Gasteiger partial charge in [0, 0.05) is 12.7 Å². The van der Waals surface area contributed by atoms with E-state index < -0.39 is 39.8 Å². The SMILES string of the molecule is Cc1c(Cl)c(=O)n(-c2cc(C(=O)O)c(C#N)cc2F)c(=O)n1C. The lowest BCUT2D eigenvalue weighted by Gasteiger charge is -2.12. The molecule has 0 saturated carbocycles. The highest BCUT2D eigenvalue weighted by Crippen LogP contribution is 2.18. The fourth-order valence-electron chi connectivity index (χ4n) is 2.00. The normalized spacial score (nSPS) is 10.4. The summed E-state index contributed by atoms with van der Waals surface area (Å²) in [6.45, 7) is 1.44. The first-order valence-corrected chi connectivity index (χ1v) is 6.54. The zero-order valence-corrected chi connectivity index (χ0v) is 12.7. The van der Waals surface area contributed by atoms with Gasteiger partial charge in [-0.2, -0.15) is 5.26 Å². The van der Waals surface area contributed by atoms with Crippen LogP contribution >= 0.6 is 11.6 Å². The van der Waals surface area contributed by atoms with E-state index in [9.17, 15) is 18.8 Å². The summed E-state index contributed by atoms with van der Waals surface area (Å²) in [6, 6.07) is 2.95. The lowest BCUT2D eigenvalue weighted by Crippen LogP contribution is -2.39. The molecule has 0 saturated heterocycles. The summed E-state index contributed by atoms with van der Waals surface area (Å²) in [6.07, 6.45) is 0. The molecule has 0 fully saturated rings. The maximum atomic E-state index is 14.2. The van der Waals surface area contributed by atoms with Gasteiger partial charge in [0.25, 0.3) is 5.56 Å². The summed E-state index contributed by atoms with van der Waals surface area (Å²) >= 11 is 5.84. The smallest absolute Gasteiger partial charge is 0.337 e. The average molecular weight is 338 g/mol. The van der Waals surface area contributed by atoms with Gasteiger partial charge in [-0.15, -0.1) is 0 Å². The summed E-state index contributed by atoms with van der Waals surface area (Å²) in [5, 5.41) is 17.6. The number of hydrogen-bond donors (Lipinski definition) is 1. The van der Waals surface area contributed by atoms with Crippen LogP contribution in [-0.4, -0.2) is 20.2 Å². The Morgan fingerprint density at radius 2 is 2.00 bits per heavy atom. The maximum absolute atomic E-state index is 14.2. The minimum atomic E-state index is -1.49. The quantitative estimate of drug-likeness (QED) is 0.886. The first-order valence-electron chi connectivity index (χ1n) is 6.16. The van der Waals surface area contributed by atoms with Gasteiger partial charge in [-0.1, -0.05) is 11.6 Å². The van der Waals surface area contributed by atoms with Crippen molar-refractivity contribution in [3.63, 3.8) is 0 Å². The number of rotatable bonds is 2. The molecular formula is C14H9ClFN3O4. The Bertz CT molecular complexity index is 964. The third-order valence-electron chi connectivity index (χ3n) is 3.37. The fraction of sp³-hybridized carbons (Fsp3) is 0.143. The number of carboxylic acids is 1. The average Bonchev–Trinajstić information content (AvgIpc) is 2.51. The van der Waals surface area contributed by atoms with E-state index in [0.29, 0.717) is 10.6 Å². The molecule has 1 N–H and O–H groups in total. The summed E-state index contributed by atoms with van der Waals surface area (Å²) < 4.78 is 15.7. The molecule has 0 atom stereocenters.